The first-order chi connectivity index (χ1) is 11.3. The Hall–Kier alpha value is -2.25. The molecule has 2 N–H and O–H groups in total. The van der Waals surface area contributed by atoms with Crippen LogP contribution in [0.3, 0.4) is 0 Å². The summed E-state index contributed by atoms with van der Waals surface area (Å²) in [5, 5.41) is 2.99. The second-order valence-electron chi connectivity index (χ2n) is 4.94. The van der Waals surface area contributed by atoms with Crippen molar-refractivity contribution in [2.75, 3.05) is 16.6 Å². The summed E-state index contributed by atoms with van der Waals surface area (Å²) in [6, 6.07) is 10.9. The molecule has 0 aliphatic rings. The predicted molar refractivity (Wildman–Crippen MR) is 94.1 cm³/mol. The van der Waals surface area contributed by atoms with Gasteiger partial charge in [-0.3, -0.25) is 10.0 Å². The maximum Gasteiger partial charge on any atom is 0.411 e. The van der Waals surface area contributed by atoms with Gasteiger partial charge < -0.3 is 4.74 Å². The van der Waals surface area contributed by atoms with Gasteiger partial charge in [-0.1, -0.05) is 17.7 Å². The molecular formula is C16H17ClN2O4S. The lowest BCUT2D eigenvalue weighted by Gasteiger charge is -2.12. The van der Waals surface area contributed by atoms with Crippen LogP contribution in [0, 0.1) is 6.92 Å². The molecule has 0 radical (unpaired) electrons. The molecule has 0 aliphatic carbocycles. The van der Waals surface area contributed by atoms with Crippen molar-refractivity contribution in [1.29, 1.82) is 0 Å². The standard InChI is InChI=1S/C16H17ClN2O4S/c1-3-23-16(20)18-14-7-4-11(2)15(10-14)24(21,22)19-13-8-5-12(17)6-9-13/h4-10,19H,3H2,1-2H3,(H,18,20). The van der Waals surface area contributed by atoms with Gasteiger partial charge in [-0.05, 0) is 55.8 Å². The van der Waals surface area contributed by atoms with Crippen molar-refractivity contribution >= 4 is 39.1 Å². The Bertz CT molecular complexity index is 836. The topological polar surface area (TPSA) is 84.5 Å². The molecule has 0 unspecified atom stereocenters. The second kappa shape index (κ2) is 7.55. The van der Waals surface area contributed by atoms with Crippen LogP contribution in [-0.4, -0.2) is 21.1 Å². The van der Waals surface area contributed by atoms with Crippen molar-refractivity contribution in [1.82, 2.24) is 0 Å². The minimum Gasteiger partial charge on any atom is -0.450 e. The first-order valence-electron chi connectivity index (χ1n) is 7.14. The molecular weight excluding hydrogens is 352 g/mol. The van der Waals surface area contributed by atoms with E-state index in [2.05, 4.69) is 10.0 Å². The van der Waals surface area contributed by atoms with Crippen LogP contribution in [0.25, 0.3) is 0 Å². The van der Waals surface area contributed by atoms with E-state index in [0.29, 0.717) is 22.0 Å². The van der Waals surface area contributed by atoms with Crippen molar-refractivity contribution in [3.63, 3.8) is 0 Å². The molecule has 0 fully saturated rings. The second-order valence-corrected chi connectivity index (χ2v) is 7.03. The van der Waals surface area contributed by atoms with Gasteiger partial charge in [0.2, 0.25) is 0 Å². The van der Waals surface area contributed by atoms with Crippen molar-refractivity contribution in [2.24, 2.45) is 0 Å². The molecule has 24 heavy (non-hydrogen) atoms. The van der Waals surface area contributed by atoms with E-state index in [1.165, 1.54) is 6.07 Å². The largest absolute Gasteiger partial charge is 0.450 e. The Morgan fingerprint density at radius 2 is 1.75 bits per heavy atom. The van der Waals surface area contributed by atoms with E-state index in [-0.39, 0.29) is 11.5 Å². The minimum atomic E-state index is -3.81. The molecule has 0 aromatic heterocycles. The van der Waals surface area contributed by atoms with Gasteiger partial charge in [0, 0.05) is 16.4 Å². The Kier molecular flexibility index (Phi) is 5.69. The smallest absolute Gasteiger partial charge is 0.411 e. The number of anilines is 2. The highest BCUT2D eigenvalue weighted by atomic mass is 35.5. The molecule has 1 amide bonds. The van der Waals surface area contributed by atoms with Crippen molar-refractivity contribution < 1.29 is 17.9 Å². The van der Waals surface area contributed by atoms with Crippen LogP contribution in [0.1, 0.15) is 12.5 Å². The van der Waals surface area contributed by atoms with Crippen LogP contribution < -0.4 is 10.0 Å². The summed E-state index contributed by atoms with van der Waals surface area (Å²) in [4.78, 5) is 11.5. The number of nitrogens with one attached hydrogen (secondary N) is 2. The summed E-state index contributed by atoms with van der Waals surface area (Å²) in [6.45, 7) is 3.58. The van der Waals surface area contributed by atoms with Gasteiger partial charge in [-0.2, -0.15) is 0 Å². The van der Waals surface area contributed by atoms with E-state index in [4.69, 9.17) is 16.3 Å². The minimum absolute atomic E-state index is 0.0618. The number of carbonyl (C=O) groups is 1. The molecule has 2 aromatic rings. The molecule has 0 atom stereocenters. The zero-order chi connectivity index (χ0) is 17.7. The number of benzene rings is 2. The zero-order valence-corrected chi connectivity index (χ0v) is 14.7. The summed E-state index contributed by atoms with van der Waals surface area (Å²) in [5.41, 5.74) is 1.27. The Labute approximate surface area is 145 Å². The first-order valence-corrected chi connectivity index (χ1v) is 9.01. The average molecular weight is 369 g/mol. The van der Waals surface area contributed by atoms with Gasteiger partial charge in [0.1, 0.15) is 0 Å². The van der Waals surface area contributed by atoms with E-state index in [1.807, 2.05) is 0 Å². The monoisotopic (exact) mass is 368 g/mol. The van der Waals surface area contributed by atoms with E-state index in [1.54, 1.807) is 50.2 Å². The van der Waals surface area contributed by atoms with E-state index >= 15 is 0 Å². The third-order valence-electron chi connectivity index (χ3n) is 3.10. The summed E-state index contributed by atoms with van der Waals surface area (Å²) < 4.78 is 32.4. The van der Waals surface area contributed by atoms with Crippen molar-refractivity contribution in [3.8, 4) is 0 Å². The van der Waals surface area contributed by atoms with E-state index in [9.17, 15) is 13.2 Å². The number of rotatable bonds is 5. The lowest BCUT2D eigenvalue weighted by atomic mass is 10.2. The van der Waals surface area contributed by atoms with Crippen molar-refractivity contribution in [2.45, 2.75) is 18.7 Å². The van der Waals surface area contributed by atoms with Crippen LogP contribution in [0.4, 0.5) is 16.2 Å². The summed E-state index contributed by atoms with van der Waals surface area (Å²) >= 11 is 5.79. The molecule has 6 nitrogen and oxygen atoms in total. The fourth-order valence-corrected chi connectivity index (χ4v) is 3.44. The molecule has 0 spiro atoms. The number of carbonyl (C=O) groups excluding carboxylic acids is 1. The molecule has 0 saturated heterocycles. The van der Waals surface area contributed by atoms with Crippen LogP contribution >= 0.6 is 11.6 Å². The molecule has 128 valence electrons. The van der Waals surface area contributed by atoms with E-state index < -0.39 is 16.1 Å². The molecule has 0 bridgehead atoms. The van der Waals surface area contributed by atoms with E-state index in [0.717, 1.165) is 0 Å². The maximum absolute atomic E-state index is 12.6. The molecule has 2 aromatic carbocycles. The third-order valence-corrected chi connectivity index (χ3v) is 4.87. The van der Waals surface area contributed by atoms with Gasteiger partial charge >= 0.3 is 6.09 Å². The summed E-state index contributed by atoms with van der Waals surface area (Å²) in [6.07, 6.45) is -0.643. The predicted octanol–water partition coefficient (Wildman–Crippen LogP) is 4.02. The number of amides is 1. The highest BCUT2D eigenvalue weighted by Gasteiger charge is 2.18. The number of sulfonamides is 1. The van der Waals surface area contributed by atoms with Crippen LogP contribution in [0.15, 0.2) is 47.4 Å². The number of ether oxygens (including phenoxy) is 1. The lowest BCUT2D eigenvalue weighted by molar-refractivity contribution is 0.168. The first kappa shape index (κ1) is 18.1. The van der Waals surface area contributed by atoms with Gasteiger partial charge in [0.25, 0.3) is 10.0 Å². The SMILES string of the molecule is CCOC(=O)Nc1ccc(C)c(S(=O)(=O)Nc2ccc(Cl)cc2)c1. The quantitative estimate of drug-likeness (QED) is 0.834. The Balaban J connectivity index is 2.28. The molecule has 0 saturated carbocycles. The fourth-order valence-electron chi connectivity index (χ4n) is 1.98. The summed E-state index contributed by atoms with van der Waals surface area (Å²) in [7, 11) is -3.81. The van der Waals surface area contributed by atoms with Gasteiger partial charge in [0.15, 0.2) is 0 Å². The number of hydrogen-bond donors (Lipinski definition) is 2. The van der Waals surface area contributed by atoms with Gasteiger partial charge in [0.05, 0.1) is 11.5 Å². The lowest BCUT2D eigenvalue weighted by Crippen LogP contribution is -2.16. The molecule has 0 heterocycles. The highest BCUT2D eigenvalue weighted by molar-refractivity contribution is 7.92. The van der Waals surface area contributed by atoms with Gasteiger partial charge in [-0.15, -0.1) is 0 Å². The maximum atomic E-state index is 12.6. The fraction of sp³-hybridized carbons (Fsp3) is 0.188. The normalized spacial score (nSPS) is 11.0. The van der Waals surface area contributed by atoms with Crippen molar-refractivity contribution in [3.05, 3.63) is 53.1 Å². The molecule has 8 heteroatoms. The van der Waals surface area contributed by atoms with Crippen LogP contribution in [0.2, 0.25) is 5.02 Å². The van der Waals surface area contributed by atoms with Crippen LogP contribution in [-0.2, 0) is 14.8 Å². The Morgan fingerprint density at radius 3 is 2.38 bits per heavy atom. The summed E-state index contributed by atoms with van der Waals surface area (Å²) in [5.74, 6) is 0. The average Bonchev–Trinajstić information content (AvgIpc) is 2.51. The number of aryl methyl sites for hydroxylation is 1. The van der Waals surface area contributed by atoms with Crippen LogP contribution in [0.5, 0.6) is 0 Å². The third kappa shape index (κ3) is 4.62. The number of hydrogen-bond acceptors (Lipinski definition) is 4. The Morgan fingerprint density at radius 1 is 1.12 bits per heavy atom. The van der Waals surface area contributed by atoms with Gasteiger partial charge in [-0.25, -0.2) is 13.2 Å². The molecule has 0 aliphatic heterocycles. The highest BCUT2D eigenvalue weighted by Crippen LogP contribution is 2.23. The number of halogens is 1. The molecule has 2 rings (SSSR count). The zero-order valence-electron chi connectivity index (χ0n) is 13.2.